The van der Waals surface area contributed by atoms with Crippen molar-refractivity contribution in [1.29, 1.82) is 0 Å². The van der Waals surface area contributed by atoms with Gasteiger partial charge in [0.2, 0.25) is 0 Å². The van der Waals surface area contributed by atoms with Gasteiger partial charge in [-0.1, -0.05) is 196 Å². The summed E-state index contributed by atoms with van der Waals surface area (Å²) in [5.74, 6) is 0. The molecule has 0 saturated carbocycles. The Balaban J connectivity index is 0.968. The summed E-state index contributed by atoms with van der Waals surface area (Å²) in [6, 6.07) is 82.7. The van der Waals surface area contributed by atoms with Crippen LogP contribution in [0.3, 0.4) is 0 Å². The minimum Gasteiger partial charge on any atom is -0.311 e. The van der Waals surface area contributed by atoms with Gasteiger partial charge in [-0.2, -0.15) is 0 Å². The van der Waals surface area contributed by atoms with E-state index in [1.807, 2.05) is 0 Å². The SMILES string of the molecule is CC1(C)c2ccccc2C2(c3ccccc3-c3ccccc32)c2ccc(-c3ccc(N(c4ccccc4)c4ccc(-c5ccc(-c6ccccc6)cc5)cc4)cc3)cc21. The van der Waals surface area contributed by atoms with Crippen molar-refractivity contribution in [3.63, 3.8) is 0 Å². The molecule has 0 unspecified atom stereocenters. The fourth-order valence-corrected chi connectivity index (χ4v) is 10.1. The highest BCUT2D eigenvalue weighted by atomic mass is 15.1. The van der Waals surface area contributed by atoms with Gasteiger partial charge in [0.1, 0.15) is 0 Å². The zero-order valence-electron chi connectivity index (χ0n) is 33.3. The van der Waals surface area contributed by atoms with Gasteiger partial charge in [-0.3, -0.25) is 0 Å². The van der Waals surface area contributed by atoms with Crippen LogP contribution in [-0.2, 0) is 10.8 Å². The molecule has 0 saturated heterocycles. The monoisotopic (exact) mass is 753 g/mol. The molecule has 0 N–H and O–H groups in total. The Morgan fingerprint density at radius 3 is 1.17 bits per heavy atom. The molecule has 59 heavy (non-hydrogen) atoms. The Morgan fingerprint density at radius 2 is 0.627 bits per heavy atom. The van der Waals surface area contributed by atoms with Crippen LogP contribution in [0, 0.1) is 0 Å². The van der Waals surface area contributed by atoms with Crippen LogP contribution in [0.1, 0.15) is 47.2 Å². The first-order valence-electron chi connectivity index (χ1n) is 20.7. The van der Waals surface area contributed by atoms with Crippen molar-refractivity contribution in [1.82, 2.24) is 0 Å². The lowest BCUT2D eigenvalue weighted by atomic mass is 9.55. The maximum Gasteiger partial charge on any atom is 0.0719 e. The third kappa shape index (κ3) is 5.46. The summed E-state index contributed by atoms with van der Waals surface area (Å²) in [5.41, 5.74) is 21.0. The lowest BCUT2D eigenvalue weighted by Gasteiger charge is -2.46. The number of rotatable bonds is 6. The molecule has 0 heterocycles. The lowest BCUT2D eigenvalue weighted by molar-refractivity contribution is 0.563. The molecule has 0 radical (unpaired) electrons. The van der Waals surface area contributed by atoms with Crippen LogP contribution in [0.15, 0.2) is 224 Å². The number of nitrogens with zero attached hydrogens (tertiary/aromatic N) is 1. The van der Waals surface area contributed by atoms with Gasteiger partial charge in [0.15, 0.2) is 0 Å². The predicted molar refractivity (Wildman–Crippen MR) is 247 cm³/mol. The van der Waals surface area contributed by atoms with Crippen LogP contribution in [0.5, 0.6) is 0 Å². The largest absolute Gasteiger partial charge is 0.311 e. The fraction of sp³-hybridized carbons (Fsp3) is 0.0690. The van der Waals surface area contributed by atoms with Crippen molar-refractivity contribution in [2.24, 2.45) is 0 Å². The highest BCUT2D eigenvalue weighted by molar-refractivity contribution is 5.89. The molecule has 9 aromatic carbocycles. The average molecular weight is 754 g/mol. The number of benzene rings is 9. The molecule has 1 nitrogen and oxygen atoms in total. The molecule has 280 valence electrons. The average Bonchev–Trinajstić information content (AvgIpc) is 3.60. The second-order valence-electron chi connectivity index (χ2n) is 16.5. The van der Waals surface area contributed by atoms with E-state index in [4.69, 9.17) is 0 Å². The summed E-state index contributed by atoms with van der Waals surface area (Å²) in [4.78, 5) is 2.34. The van der Waals surface area contributed by atoms with Gasteiger partial charge < -0.3 is 4.90 Å². The number of hydrogen-bond acceptors (Lipinski definition) is 1. The van der Waals surface area contributed by atoms with E-state index in [0.29, 0.717) is 0 Å². The maximum atomic E-state index is 2.48. The summed E-state index contributed by atoms with van der Waals surface area (Å²) in [7, 11) is 0. The molecule has 2 aliphatic rings. The third-order valence-electron chi connectivity index (χ3n) is 13.0. The molecular weight excluding hydrogens is 711 g/mol. The minimum absolute atomic E-state index is 0.195. The molecule has 0 aliphatic heterocycles. The number of hydrogen-bond donors (Lipinski definition) is 0. The zero-order chi connectivity index (χ0) is 39.6. The van der Waals surface area contributed by atoms with E-state index in [1.54, 1.807) is 0 Å². The Labute approximate surface area is 347 Å². The van der Waals surface area contributed by atoms with Crippen LogP contribution in [0.4, 0.5) is 17.1 Å². The first-order valence-corrected chi connectivity index (χ1v) is 20.7. The van der Waals surface area contributed by atoms with E-state index in [9.17, 15) is 0 Å². The molecule has 11 rings (SSSR count). The van der Waals surface area contributed by atoms with Gasteiger partial charge in [-0.15, -0.1) is 0 Å². The Kier molecular flexibility index (Phi) is 8.13. The molecule has 1 heteroatoms. The van der Waals surface area contributed by atoms with Gasteiger partial charge in [0, 0.05) is 22.5 Å². The molecule has 2 aliphatic carbocycles. The van der Waals surface area contributed by atoms with Crippen LogP contribution in [0.2, 0.25) is 0 Å². The van der Waals surface area contributed by atoms with Crippen LogP contribution in [0.25, 0.3) is 44.5 Å². The molecular formula is C58H43N. The maximum absolute atomic E-state index is 2.48. The van der Waals surface area contributed by atoms with Gasteiger partial charge in [0.25, 0.3) is 0 Å². The molecule has 0 bridgehead atoms. The van der Waals surface area contributed by atoms with Crippen molar-refractivity contribution in [2.75, 3.05) is 4.90 Å². The predicted octanol–water partition coefficient (Wildman–Crippen LogP) is 15.2. The summed E-state index contributed by atoms with van der Waals surface area (Å²) < 4.78 is 0. The van der Waals surface area contributed by atoms with E-state index >= 15 is 0 Å². The quantitative estimate of drug-likeness (QED) is 0.163. The van der Waals surface area contributed by atoms with Crippen molar-refractivity contribution in [3.05, 3.63) is 258 Å². The summed E-state index contributed by atoms with van der Waals surface area (Å²) in [6.07, 6.45) is 0. The van der Waals surface area contributed by atoms with Crippen LogP contribution >= 0.6 is 0 Å². The lowest BCUT2D eigenvalue weighted by Crippen LogP contribution is -2.40. The third-order valence-corrected chi connectivity index (χ3v) is 13.0. The Hall–Kier alpha value is -7.22. The van der Waals surface area contributed by atoms with Crippen LogP contribution < -0.4 is 4.90 Å². The van der Waals surface area contributed by atoms with Crippen molar-refractivity contribution in [3.8, 4) is 44.5 Å². The number of para-hydroxylation sites is 1. The van der Waals surface area contributed by atoms with Crippen molar-refractivity contribution in [2.45, 2.75) is 24.7 Å². The highest BCUT2D eigenvalue weighted by Crippen LogP contribution is 2.62. The van der Waals surface area contributed by atoms with E-state index in [1.165, 1.54) is 77.9 Å². The summed E-state index contributed by atoms with van der Waals surface area (Å²) >= 11 is 0. The number of anilines is 3. The molecule has 9 aromatic rings. The Morgan fingerprint density at radius 1 is 0.271 bits per heavy atom. The standard InChI is InChI=1S/C58H43N/c1-57(2)53-23-13-14-24-54(53)58(51-21-11-9-19-49(51)50-20-10-12-22-52(50)58)55-38-33-45(39-56(55)57)44-31-36-48(37-32-44)59(46-17-7-4-8-18-46)47-34-29-43(30-35-47)42-27-25-41(26-28-42)40-15-5-3-6-16-40/h3-39H,1-2H3. The topological polar surface area (TPSA) is 3.24 Å². The fourth-order valence-electron chi connectivity index (χ4n) is 10.1. The van der Waals surface area contributed by atoms with Crippen molar-refractivity contribution >= 4 is 17.1 Å². The highest BCUT2D eigenvalue weighted by Gasteiger charge is 2.53. The van der Waals surface area contributed by atoms with E-state index in [2.05, 4.69) is 243 Å². The Bertz CT molecular complexity index is 2930. The van der Waals surface area contributed by atoms with E-state index in [-0.39, 0.29) is 10.8 Å². The second kappa shape index (κ2) is 13.7. The first-order chi connectivity index (χ1) is 29.0. The van der Waals surface area contributed by atoms with Gasteiger partial charge in [-0.05, 0) is 120 Å². The van der Waals surface area contributed by atoms with Gasteiger partial charge in [0.05, 0.1) is 5.41 Å². The summed E-state index contributed by atoms with van der Waals surface area (Å²) in [6.45, 7) is 4.81. The van der Waals surface area contributed by atoms with Crippen molar-refractivity contribution < 1.29 is 0 Å². The molecule has 0 aromatic heterocycles. The smallest absolute Gasteiger partial charge is 0.0719 e. The molecule has 1 spiro atoms. The zero-order valence-corrected chi connectivity index (χ0v) is 33.3. The van der Waals surface area contributed by atoms with Gasteiger partial charge in [-0.25, -0.2) is 0 Å². The minimum atomic E-state index is -0.381. The molecule has 0 atom stereocenters. The van der Waals surface area contributed by atoms with Gasteiger partial charge >= 0.3 is 0 Å². The van der Waals surface area contributed by atoms with Crippen LogP contribution in [-0.4, -0.2) is 0 Å². The first kappa shape index (κ1) is 35.0. The molecule has 0 amide bonds. The van der Waals surface area contributed by atoms with E-state index in [0.717, 1.165) is 17.1 Å². The number of fused-ring (bicyclic) bond motifs is 9. The van der Waals surface area contributed by atoms with E-state index < -0.39 is 0 Å². The second-order valence-corrected chi connectivity index (χ2v) is 16.5. The molecule has 0 fully saturated rings. The summed E-state index contributed by atoms with van der Waals surface area (Å²) in [5, 5.41) is 0. The normalized spacial score (nSPS) is 13.9.